The number of carboxylic acid groups (broad SMARTS) is 1. The highest BCUT2D eigenvalue weighted by Crippen LogP contribution is 2.32. The van der Waals surface area contributed by atoms with Crippen LogP contribution >= 0.6 is 15.9 Å². The second kappa shape index (κ2) is 5.59. The first-order valence-corrected chi connectivity index (χ1v) is 6.96. The Kier molecular flexibility index (Phi) is 4.18. The van der Waals surface area contributed by atoms with Crippen LogP contribution in [0, 0.1) is 17.0 Å². The maximum absolute atomic E-state index is 13.6. The number of aliphatic carboxylic acids is 1. The highest BCUT2D eigenvalue weighted by Gasteiger charge is 2.42. The van der Waals surface area contributed by atoms with Crippen molar-refractivity contribution in [2.45, 2.75) is 13.3 Å². The molecule has 1 atom stereocenters. The van der Waals surface area contributed by atoms with Gasteiger partial charge in [0.25, 0.3) is 0 Å². The van der Waals surface area contributed by atoms with Crippen molar-refractivity contribution in [3.8, 4) is 0 Å². The molecular weight excluding hydrogens is 350 g/mol. The van der Waals surface area contributed by atoms with Gasteiger partial charge in [-0.1, -0.05) is 0 Å². The van der Waals surface area contributed by atoms with E-state index in [1.54, 1.807) is 6.92 Å². The number of nitrogens with one attached hydrogen (secondary N) is 1. The van der Waals surface area contributed by atoms with Gasteiger partial charge in [-0.2, -0.15) is 0 Å². The zero-order valence-electron chi connectivity index (χ0n) is 11.1. The number of benzene rings is 1. The van der Waals surface area contributed by atoms with E-state index in [2.05, 4.69) is 21.2 Å². The van der Waals surface area contributed by atoms with Crippen LogP contribution in [0.4, 0.5) is 19.3 Å². The number of rotatable bonds is 2. The van der Waals surface area contributed by atoms with Crippen molar-refractivity contribution in [1.82, 2.24) is 4.90 Å². The Labute approximate surface area is 128 Å². The number of amides is 2. The van der Waals surface area contributed by atoms with Crippen LogP contribution in [0.5, 0.6) is 0 Å². The zero-order valence-corrected chi connectivity index (χ0v) is 12.7. The molecular formula is C13H13BrF2N2O3. The summed E-state index contributed by atoms with van der Waals surface area (Å²) in [5.74, 6) is -2.65. The molecule has 0 bridgehead atoms. The fourth-order valence-electron chi connectivity index (χ4n) is 2.16. The summed E-state index contributed by atoms with van der Waals surface area (Å²) in [4.78, 5) is 24.5. The van der Waals surface area contributed by atoms with Crippen molar-refractivity contribution in [2.24, 2.45) is 5.41 Å². The highest BCUT2D eigenvalue weighted by molar-refractivity contribution is 9.10. The Balaban J connectivity index is 2.12. The highest BCUT2D eigenvalue weighted by atomic mass is 79.9. The molecule has 1 aromatic carbocycles. The summed E-state index contributed by atoms with van der Waals surface area (Å²) in [6.45, 7) is 1.85. The van der Waals surface area contributed by atoms with Gasteiger partial charge in [0.1, 0.15) is 5.82 Å². The molecule has 1 unspecified atom stereocenters. The molecule has 1 heterocycles. The largest absolute Gasteiger partial charge is 0.481 e. The van der Waals surface area contributed by atoms with Gasteiger partial charge >= 0.3 is 12.0 Å². The van der Waals surface area contributed by atoms with E-state index in [4.69, 9.17) is 5.11 Å². The SMILES string of the molecule is CC1(C(=O)O)CCN(C(=O)Nc2c(F)cc(F)cc2Br)C1. The van der Waals surface area contributed by atoms with Crippen molar-refractivity contribution in [3.05, 3.63) is 28.2 Å². The number of hydrogen-bond acceptors (Lipinski definition) is 2. The van der Waals surface area contributed by atoms with Gasteiger partial charge in [0.05, 0.1) is 11.1 Å². The minimum Gasteiger partial charge on any atom is -0.481 e. The third-order valence-corrected chi connectivity index (χ3v) is 4.14. The second-order valence-corrected chi connectivity index (χ2v) is 6.07. The fraction of sp³-hybridized carbons (Fsp3) is 0.385. The number of anilines is 1. The number of carbonyl (C=O) groups excluding carboxylic acids is 1. The average molecular weight is 363 g/mol. The normalized spacial score (nSPS) is 21.4. The first-order valence-electron chi connectivity index (χ1n) is 6.17. The van der Waals surface area contributed by atoms with E-state index in [0.717, 1.165) is 6.07 Å². The van der Waals surface area contributed by atoms with Crippen LogP contribution in [-0.4, -0.2) is 35.1 Å². The zero-order chi connectivity index (χ0) is 15.8. The molecule has 0 saturated carbocycles. The van der Waals surface area contributed by atoms with E-state index in [1.807, 2.05) is 0 Å². The smallest absolute Gasteiger partial charge is 0.321 e. The second-order valence-electron chi connectivity index (χ2n) is 5.21. The monoisotopic (exact) mass is 362 g/mol. The number of hydrogen-bond donors (Lipinski definition) is 2. The molecule has 2 amide bonds. The minimum atomic E-state index is -1.00. The first-order chi connectivity index (χ1) is 9.73. The molecule has 0 aromatic heterocycles. The van der Waals surface area contributed by atoms with E-state index < -0.39 is 29.0 Å². The van der Waals surface area contributed by atoms with Crippen molar-refractivity contribution in [2.75, 3.05) is 18.4 Å². The van der Waals surface area contributed by atoms with Gasteiger partial charge in [-0.15, -0.1) is 0 Å². The maximum Gasteiger partial charge on any atom is 0.321 e. The molecule has 1 fully saturated rings. The Bertz CT molecular complexity index is 588. The van der Waals surface area contributed by atoms with E-state index in [-0.39, 0.29) is 23.2 Å². The summed E-state index contributed by atoms with van der Waals surface area (Å²) < 4.78 is 26.7. The quantitative estimate of drug-likeness (QED) is 0.849. The third-order valence-electron chi connectivity index (χ3n) is 3.52. The molecule has 5 nitrogen and oxygen atoms in total. The summed E-state index contributed by atoms with van der Waals surface area (Å²) in [7, 11) is 0. The van der Waals surface area contributed by atoms with Gasteiger partial charge in [-0.05, 0) is 35.3 Å². The number of carbonyl (C=O) groups is 2. The molecule has 114 valence electrons. The molecule has 21 heavy (non-hydrogen) atoms. The van der Waals surface area contributed by atoms with Crippen LogP contribution in [0.1, 0.15) is 13.3 Å². The fourth-order valence-corrected chi connectivity index (χ4v) is 2.66. The Morgan fingerprint density at radius 1 is 1.43 bits per heavy atom. The lowest BCUT2D eigenvalue weighted by molar-refractivity contribution is -0.146. The van der Waals surface area contributed by atoms with E-state index in [9.17, 15) is 18.4 Å². The van der Waals surface area contributed by atoms with Gasteiger partial charge < -0.3 is 15.3 Å². The third kappa shape index (κ3) is 3.15. The summed E-state index contributed by atoms with van der Waals surface area (Å²) in [6, 6.07) is 1.07. The predicted octanol–water partition coefficient (Wildman–Crippen LogP) is 3.06. The summed E-state index contributed by atoms with van der Waals surface area (Å²) in [5, 5.41) is 11.4. The van der Waals surface area contributed by atoms with Gasteiger partial charge in [0.15, 0.2) is 5.82 Å². The Hall–Kier alpha value is -1.70. The Morgan fingerprint density at radius 3 is 2.62 bits per heavy atom. The van der Waals surface area contributed by atoms with Crippen LogP contribution in [0.25, 0.3) is 0 Å². The Morgan fingerprint density at radius 2 is 2.10 bits per heavy atom. The predicted molar refractivity (Wildman–Crippen MR) is 75.0 cm³/mol. The average Bonchev–Trinajstić information content (AvgIpc) is 2.78. The molecule has 1 aliphatic rings. The summed E-state index contributed by atoms with van der Waals surface area (Å²) >= 11 is 2.97. The van der Waals surface area contributed by atoms with Gasteiger partial charge in [-0.25, -0.2) is 13.6 Å². The van der Waals surface area contributed by atoms with Crippen molar-refractivity contribution >= 4 is 33.6 Å². The lowest BCUT2D eigenvalue weighted by Crippen LogP contribution is -2.37. The molecule has 8 heteroatoms. The van der Waals surface area contributed by atoms with Crippen LogP contribution in [0.15, 0.2) is 16.6 Å². The molecule has 1 aliphatic heterocycles. The van der Waals surface area contributed by atoms with Crippen LogP contribution < -0.4 is 5.32 Å². The van der Waals surface area contributed by atoms with Crippen LogP contribution in [-0.2, 0) is 4.79 Å². The van der Waals surface area contributed by atoms with Crippen molar-refractivity contribution < 1.29 is 23.5 Å². The number of nitrogens with zero attached hydrogens (tertiary/aromatic N) is 1. The molecule has 2 rings (SSSR count). The van der Waals surface area contributed by atoms with Crippen LogP contribution in [0.2, 0.25) is 0 Å². The minimum absolute atomic E-state index is 0.0363. The number of urea groups is 1. The lowest BCUT2D eigenvalue weighted by atomic mass is 9.90. The van der Waals surface area contributed by atoms with Crippen molar-refractivity contribution in [3.63, 3.8) is 0 Å². The molecule has 0 spiro atoms. The van der Waals surface area contributed by atoms with E-state index >= 15 is 0 Å². The lowest BCUT2D eigenvalue weighted by Gasteiger charge is -2.21. The first kappa shape index (κ1) is 15.7. The van der Waals surface area contributed by atoms with Gasteiger partial charge in [-0.3, -0.25) is 4.79 Å². The molecule has 0 radical (unpaired) electrons. The number of likely N-dealkylation sites (tertiary alicyclic amines) is 1. The topological polar surface area (TPSA) is 69.6 Å². The molecule has 2 N–H and O–H groups in total. The molecule has 1 saturated heterocycles. The summed E-state index contributed by atoms with van der Waals surface area (Å²) in [5.41, 5.74) is -1.18. The van der Waals surface area contributed by atoms with E-state index in [0.29, 0.717) is 12.5 Å². The van der Waals surface area contributed by atoms with Crippen LogP contribution in [0.3, 0.4) is 0 Å². The molecule has 0 aliphatic carbocycles. The van der Waals surface area contributed by atoms with E-state index in [1.165, 1.54) is 4.90 Å². The van der Waals surface area contributed by atoms with Gasteiger partial charge in [0.2, 0.25) is 0 Å². The van der Waals surface area contributed by atoms with Crippen molar-refractivity contribution in [1.29, 1.82) is 0 Å². The number of halogens is 3. The maximum atomic E-state index is 13.6. The number of carboxylic acids is 1. The summed E-state index contributed by atoms with van der Waals surface area (Å²) in [6.07, 6.45) is 0.322. The standard InChI is InChI=1S/C13H13BrF2N2O3/c1-13(11(19)20)2-3-18(6-13)12(21)17-10-8(14)4-7(15)5-9(10)16/h4-5H,2-3,6H2,1H3,(H,17,21)(H,19,20). The molecule has 1 aromatic rings. The van der Waals surface area contributed by atoms with Gasteiger partial charge in [0, 0.05) is 23.6 Å².